The summed E-state index contributed by atoms with van der Waals surface area (Å²) in [6.07, 6.45) is -3.89. The van der Waals surface area contributed by atoms with Crippen molar-refractivity contribution >= 4 is 34.2 Å². The third-order valence-corrected chi connectivity index (χ3v) is 4.09. The largest absolute Gasteiger partial charge is 0.491 e. The molecule has 0 aromatic heterocycles. The van der Waals surface area contributed by atoms with Crippen LogP contribution in [-0.2, 0) is 6.18 Å². The second-order valence-electron chi connectivity index (χ2n) is 5.14. The maximum atomic E-state index is 13.1. The molecule has 0 spiro atoms. The first-order valence-corrected chi connectivity index (χ1v) is 8.40. The Labute approximate surface area is 155 Å². The summed E-state index contributed by atoms with van der Waals surface area (Å²) in [6.45, 7) is 2.14. The zero-order valence-electron chi connectivity index (χ0n) is 13.1. The first kappa shape index (κ1) is 19.5. The SMILES string of the molecule is CCCOc1ccc(C(F)(F)F)cc1NC(=O)c1ccc(F)cc1I. The van der Waals surface area contributed by atoms with Gasteiger partial charge in [-0.15, -0.1) is 0 Å². The number of carbonyl (C=O) groups excluding carboxylic acids is 1. The molecule has 3 nitrogen and oxygen atoms in total. The second kappa shape index (κ2) is 8.03. The van der Waals surface area contributed by atoms with Crippen molar-refractivity contribution in [2.75, 3.05) is 11.9 Å². The lowest BCUT2D eigenvalue weighted by atomic mass is 10.1. The molecule has 1 N–H and O–H groups in total. The Kier molecular flexibility index (Phi) is 6.26. The predicted octanol–water partition coefficient (Wildman–Crippen LogP) is 5.49. The van der Waals surface area contributed by atoms with Gasteiger partial charge in [-0.05, 0) is 65.4 Å². The summed E-state index contributed by atoms with van der Waals surface area (Å²) in [5.74, 6) is -1.02. The van der Waals surface area contributed by atoms with Crippen LogP contribution in [0.5, 0.6) is 5.75 Å². The third-order valence-electron chi connectivity index (χ3n) is 3.19. The number of benzene rings is 2. The van der Waals surface area contributed by atoms with Gasteiger partial charge in [-0.1, -0.05) is 6.92 Å². The lowest BCUT2D eigenvalue weighted by Gasteiger charge is -2.15. The van der Waals surface area contributed by atoms with E-state index in [1.54, 1.807) is 22.6 Å². The molecule has 2 aromatic rings. The van der Waals surface area contributed by atoms with Crippen LogP contribution in [0.2, 0.25) is 0 Å². The average Bonchev–Trinajstić information content (AvgIpc) is 2.52. The van der Waals surface area contributed by atoms with Crippen LogP contribution in [0.25, 0.3) is 0 Å². The van der Waals surface area contributed by atoms with Gasteiger partial charge < -0.3 is 10.1 Å². The van der Waals surface area contributed by atoms with E-state index in [2.05, 4.69) is 5.32 Å². The van der Waals surface area contributed by atoms with Crippen LogP contribution in [-0.4, -0.2) is 12.5 Å². The lowest BCUT2D eigenvalue weighted by molar-refractivity contribution is -0.137. The summed E-state index contributed by atoms with van der Waals surface area (Å²) in [6, 6.07) is 6.42. The van der Waals surface area contributed by atoms with Gasteiger partial charge in [0.15, 0.2) is 0 Å². The Hall–Kier alpha value is -1.84. The summed E-state index contributed by atoms with van der Waals surface area (Å²) in [5, 5.41) is 2.42. The summed E-state index contributed by atoms with van der Waals surface area (Å²) < 4.78 is 57.7. The van der Waals surface area contributed by atoms with Gasteiger partial charge in [-0.25, -0.2) is 4.39 Å². The molecule has 0 bridgehead atoms. The highest BCUT2D eigenvalue weighted by Crippen LogP contribution is 2.35. The predicted molar refractivity (Wildman–Crippen MR) is 94.3 cm³/mol. The number of hydrogen-bond acceptors (Lipinski definition) is 2. The molecule has 25 heavy (non-hydrogen) atoms. The van der Waals surface area contributed by atoms with E-state index in [0.717, 1.165) is 24.3 Å². The molecular weight excluding hydrogens is 453 g/mol. The Morgan fingerprint density at radius 1 is 1.20 bits per heavy atom. The summed E-state index contributed by atoms with van der Waals surface area (Å²) in [5.41, 5.74) is -0.838. The number of nitrogens with one attached hydrogen (secondary N) is 1. The summed E-state index contributed by atoms with van der Waals surface area (Å²) in [4.78, 5) is 12.4. The summed E-state index contributed by atoms with van der Waals surface area (Å²) >= 11 is 1.78. The Bertz CT molecular complexity index is 778. The van der Waals surface area contributed by atoms with E-state index in [1.165, 1.54) is 12.1 Å². The number of alkyl halides is 3. The van der Waals surface area contributed by atoms with E-state index in [9.17, 15) is 22.4 Å². The molecule has 8 heteroatoms. The van der Waals surface area contributed by atoms with Crippen LogP contribution >= 0.6 is 22.6 Å². The normalized spacial score (nSPS) is 11.3. The number of ether oxygens (including phenoxy) is 1. The fraction of sp³-hybridized carbons (Fsp3) is 0.235. The molecule has 134 valence electrons. The molecule has 2 aromatic carbocycles. The molecule has 0 heterocycles. The second-order valence-corrected chi connectivity index (χ2v) is 6.30. The van der Waals surface area contributed by atoms with Crippen LogP contribution in [0.3, 0.4) is 0 Å². The minimum Gasteiger partial charge on any atom is -0.491 e. The molecule has 0 unspecified atom stereocenters. The Morgan fingerprint density at radius 2 is 1.92 bits per heavy atom. The molecular formula is C17H14F4INO2. The van der Waals surface area contributed by atoms with Crippen LogP contribution in [0.15, 0.2) is 36.4 Å². The van der Waals surface area contributed by atoms with Crippen molar-refractivity contribution in [1.29, 1.82) is 0 Å². The zero-order chi connectivity index (χ0) is 18.6. The van der Waals surface area contributed by atoms with Crippen molar-refractivity contribution in [3.63, 3.8) is 0 Å². The fourth-order valence-corrected chi connectivity index (χ4v) is 2.73. The van der Waals surface area contributed by atoms with E-state index < -0.39 is 23.5 Å². The molecule has 0 aliphatic carbocycles. The van der Waals surface area contributed by atoms with E-state index in [4.69, 9.17) is 4.74 Å². The van der Waals surface area contributed by atoms with Crippen molar-refractivity contribution in [3.05, 3.63) is 56.9 Å². The van der Waals surface area contributed by atoms with Crippen LogP contribution in [0.1, 0.15) is 29.3 Å². The monoisotopic (exact) mass is 467 g/mol. The standard InChI is InChI=1S/C17H14F4INO2/c1-2-7-25-15-6-3-10(17(19,20)21)8-14(15)23-16(24)12-5-4-11(18)9-13(12)22/h3-6,8-9H,2,7H2,1H3,(H,23,24). The van der Waals surface area contributed by atoms with Gasteiger partial charge in [0.1, 0.15) is 11.6 Å². The highest BCUT2D eigenvalue weighted by molar-refractivity contribution is 14.1. The number of halogens is 5. The minimum absolute atomic E-state index is 0.0894. The van der Waals surface area contributed by atoms with E-state index in [0.29, 0.717) is 16.6 Å². The smallest absolute Gasteiger partial charge is 0.416 e. The van der Waals surface area contributed by atoms with Gasteiger partial charge in [-0.3, -0.25) is 4.79 Å². The number of hydrogen-bond donors (Lipinski definition) is 1. The highest BCUT2D eigenvalue weighted by atomic mass is 127. The third kappa shape index (κ3) is 5.07. The molecule has 2 rings (SSSR count). The number of anilines is 1. The van der Waals surface area contributed by atoms with Gasteiger partial charge in [0.25, 0.3) is 5.91 Å². The van der Waals surface area contributed by atoms with Crippen molar-refractivity contribution in [1.82, 2.24) is 0 Å². The molecule has 0 fully saturated rings. The van der Waals surface area contributed by atoms with Crippen molar-refractivity contribution in [2.45, 2.75) is 19.5 Å². The maximum Gasteiger partial charge on any atom is 0.416 e. The van der Waals surface area contributed by atoms with Crippen molar-refractivity contribution in [2.24, 2.45) is 0 Å². The quantitative estimate of drug-likeness (QED) is 0.467. The Morgan fingerprint density at radius 3 is 2.52 bits per heavy atom. The first-order chi connectivity index (χ1) is 11.7. The van der Waals surface area contributed by atoms with E-state index in [-0.39, 0.29) is 17.0 Å². The average molecular weight is 467 g/mol. The minimum atomic E-state index is -4.55. The highest BCUT2D eigenvalue weighted by Gasteiger charge is 2.31. The Balaban J connectivity index is 2.36. The summed E-state index contributed by atoms with van der Waals surface area (Å²) in [7, 11) is 0. The van der Waals surface area contributed by atoms with Crippen molar-refractivity contribution < 1.29 is 27.1 Å². The van der Waals surface area contributed by atoms with Gasteiger partial charge in [-0.2, -0.15) is 13.2 Å². The van der Waals surface area contributed by atoms with E-state index in [1.807, 2.05) is 6.92 Å². The lowest BCUT2D eigenvalue weighted by Crippen LogP contribution is -2.16. The zero-order valence-corrected chi connectivity index (χ0v) is 15.2. The van der Waals surface area contributed by atoms with Gasteiger partial charge in [0.2, 0.25) is 0 Å². The van der Waals surface area contributed by atoms with E-state index >= 15 is 0 Å². The van der Waals surface area contributed by atoms with Crippen LogP contribution in [0.4, 0.5) is 23.2 Å². The number of carbonyl (C=O) groups is 1. The first-order valence-electron chi connectivity index (χ1n) is 7.33. The fourth-order valence-electron chi connectivity index (χ4n) is 2.01. The topological polar surface area (TPSA) is 38.3 Å². The number of amides is 1. The maximum absolute atomic E-state index is 13.1. The molecule has 0 atom stereocenters. The molecule has 0 radical (unpaired) electrons. The van der Waals surface area contributed by atoms with Crippen LogP contribution in [0, 0.1) is 9.39 Å². The van der Waals surface area contributed by atoms with Gasteiger partial charge in [0, 0.05) is 3.57 Å². The van der Waals surface area contributed by atoms with Crippen LogP contribution < -0.4 is 10.1 Å². The van der Waals surface area contributed by atoms with Crippen molar-refractivity contribution in [3.8, 4) is 5.75 Å². The molecule has 0 aliphatic heterocycles. The molecule has 0 saturated heterocycles. The molecule has 0 aliphatic rings. The number of rotatable bonds is 5. The van der Waals surface area contributed by atoms with Gasteiger partial charge in [0.05, 0.1) is 23.4 Å². The molecule has 0 saturated carbocycles. The van der Waals surface area contributed by atoms with Gasteiger partial charge >= 0.3 is 6.18 Å². The molecule has 1 amide bonds.